The van der Waals surface area contributed by atoms with Gasteiger partial charge in [-0.3, -0.25) is 4.79 Å². The fourth-order valence-electron chi connectivity index (χ4n) is 4.61. The van der Waals surface area contributed by atoms with Crippen LogP contribution >= 0.6 is 0 Å². The first-order valence-corrected chi connectivity index (χ1v) is 11.6. The van der Waals surface area contributed by atoms with Gasteiger partial charge in [0.25, 0.3) is 0 Å². The summed E-state index contributed by atoms with van der Waals surface area (Å²) in [5.74, 6) is -1.72. The van der Waals surface area contributed by atoms with Gasteiger partial charge in [-0.2, -0.15) is 0 Å². The molecule has 2 aromatic carbocycles. The van der Waals surface area contributed by atoms with Gasteiger partial charge in [-0.1, -0.05) is 42.5 Å². The minimum Gasteiger partial charge on any atom is -0.466 e. The summed E-state index contributed by atoms with van der Waals surface area (Å²) in [5, 5.41) is 3.44. The van der Waals surface area contributed by atoms with E-state index < -0.39 is 17.9 Å². The molecule has 8 heteroatoms. The molecule has 3 N–H and O–H groups in total. The zero-order valence-corrected chi connectivity index (χ0v) is 20.6. The van der Waals surface area contributed by atoms with Crippen LogP contribution in [0.3, 0.4) is 0 Å². The van der Waals surface area contributed by atoms with Crippen LogP contribution in [-0.4, -0.2) is 32.2 Å². The van der Waals surface area contributed by atoms with Crippen molar-refractivity contribution >= 4 is 22.9 Å². The van der Waals surface area contributed by atoms with Gasteiger partial charge in [0.15, 0.2) is 5.43 Å². The SMILES string of the molecule is COC(=O)C1=C(C)NC(C)=C(C(=O)OCCN)C1c1cccc2c(=O)c(C)c(-c3ccccc3)oc12. The fraction of sp³-hybridized carbons (Fsp3) is 0.250. The molecule has 0 saturated heterocycles. The lowest BCUT2D eigenvalue weighted by Gasteiger charge is -2.30. The van der Waals surface area contributed by atoms with Crippen molar-refractivity contribution in [3.63, 3.8) is 0 Å². The molecule has 36 heavy (non-hydrogen) atoms. The van der Waals surface area contributed by atoms with Gasteiger partial charge in [-0.15, -0.1) is 0 Å². The number of allylic oxidation sites excluding steroid dienone is 2. The number of para-hydroxylation sites is 1. The maximum Gasteiger partial charge on any atom is 0.336 e. The van der Waals surface area contributed by atoms with Gasteiger partial charge in [0, 0.05) is 34.6 Å². The fourth-order valence-corrected chi connectivity index (χ4v) is 4.61. The van der Waals surface area contributed by atoms with Crippen molar-refractivity contribution in [2.24, 2.45) is 5.73 Å². The van der Waals surface area contributed by atoms with Crippen LogP contribution < -0.4 is 16.5 Å². The van der Waals surface area contributed by atoms with Gasteiger partial charge in [0.2, 0.25) is 0 Å². The van der Waals surface area contributed by atoms with E-state index in [4.69, 9.17) is 19.6 Å². The van der Waals surface area contributed by atoms with E-state index in [0.717, 1.165) is 5.56 Å². The van der Waals surface area contributed by atoms with Gasteiger partial charge in [-0.05, 0) is 26.8 Å². The van der Waals surface area contributed by atoms with Gasteiger partial charge in [-0.25, -0.2) is 9.59 Å². The number of methoxy groups -OCH3 is 1. The summed E-state index contributed by atoms with van der Waals surface area (Å²) in [6.07, 6.45) is 0. The Bertz CT molecular complexity index is 1470. The van der Waals surface area contributed by atoms with Crippen LogP contribution in [0.25, 0.3) is 22.3 Å². The summed E-state index contributed by atoms with van der Waals surface area (Å²) >= 11 is 0. The number of ether oxygens (including phenoxy) is 2. The van der Waals surface area contributed by atoms with Crippen molar-refractivity contribution in [3.05, 3.63) is 92.4 Å². The smallest absolute Gasteiger partial charge is 0.336 e. The largest absolute Gasteiger partial charge is 0.466 e. The molecule has 2 heterocycles. The number of fused-ring (bicyclic) bond motifs is 1. The van der Waals surface area contributed by atoms with E-state index in [-0.39, 0.29) is 35.3 Å². The van der Waals surface area contributed by atoms with Crippen molar-refractivity contribution in [3.8, 4) is 11.3 Å². The molecule has 0 spiro atoms. The number of nitrogens with two attached hydrogens (primary N) is 1. The third-order valence-corrected chi connectivity index (χ3v) is 6.26. The number of carbonyl (C=O) groups excluding carboxylic acids is 2. The van der Waals surface area contributed by atoms with Gasteiger partial charge < -0.3 is 24.9 Å². The zero-order chi connectivity index (χ0) is 26.0. The Labute approximate surface area is 208 Å². The van der Waals surface area contributed by atoms with Gasteiger partial charge in [0.1, 0.15) is 18.0 Å². The van der Waals surface area contributed by atoms with E-state index >= 15 is 0 Å². The maximum atomic E-state index is 13.4. The van der Waals surface area contributed by atoms with Crippen molar-refractivity contribution in [1.82, 2.24) is 5.32 Å². The molecule has 1 aliphatic rings. The number of carbonyl (C=O) groups is 2. The number of esters is 2. The number of rotatable bonds is 6. The molecular weight excluding hydrogens is 460 g/mol. The topological polar surface area (TPSA) is 121 Å². The monoisotopic (exact) mass is 488 g/mol. The summed E-state index contributed by atoms with van der Waals surface area (Å²) < 4.78 is 16.8. The lowest BCUT2D eigenvalue weighted by atomic mass is 9.79. The first-order chi connectivity index (χ1) is 17.3. The van der Waals surface area contributed by atoms with Crippen LogP contribution in [0.4, 0.5) is 0 Å². The summed E-state index contributed by atoms with van der Waals surface area (Å²) in [6, 6.07) is 14.4. The Morgan fingerprint density at radius 3 is 2.28 bits per heavy atom. The summed E-state index contributed by atoms with van der Waals surface area (Å²) in [7, 11) is 1.28. The molecule has 1 aliphatic heterocycles. The minimum absolute atomic E-state index is 0.0144. The third kappa shape index (κ3) is 4.31. The van der Waals surface area contributed by atoms with Crippen molar-refractivity contribution in [2.75, 3.05) is 20.3 Å². The van der Waals surface area contributed by atoms with Crippen molar-refractivity contribution in [2.45, 2.75) is 26.7 Å². The molecule has 8 nitrogen and oxygen atoms in total. The lowest BCUT2D eigenvalue weighted by Crippen LogP contribution is -2.33. The van der Waals surface area contributed by atoms with E-state index in [1.165, 1.54) is 7.11 Å². The maximum absolute atomic E-state index is 13.4. The van der Waals surface area contributed by atoms with Crippen LogP contribution in [-0.2, 0) is 19.1 Å². The Morgan fingerprint density at radius 2 is 1.64 bits per heavy atom. The standard InChI is InChI=1S/C28H28N2O6/c1-15-24(31)20-12-8-11-19(26(20)36-25(15)18-9-6-5-7-10-18)23-21(27(32)34-4)16(2)30-17(3)22(23)28(33)35-14-13-29/h5-12,23,30H,13-14,29H2,1-4H3. The number of hydrogen-bond donors (Lipinski definition) is 2. The average molecular weight is 489 g/mol. The number of dihydropyridines is 1. The highest BCUT2D eigenvalue weighted by Gasteiger charge is 2.39. The molecule has 1 aromatic heterocycles. The normalized spacial score (nSPS) is 15.6. The van der Waals surface area contributed by atoms with Crippen molar-refractivity contribution in [1.29, 1.82) is 0 Å². The number of hydrogen-bond acceptors (Lipinski definition) is 8. The molecule has 0 amide bonds. The Balaban J connectivity index is 2.05. The number of nitrogens with one attached hydrogen (secondary N) is 1. The first-order valence-electron chi connectivity index (χ1n) is 11.6. The highest BCUT2D eigenvalue weighted by atomic mass is 16.5. The van der Waals surface area contributed by atoms with Gasteiger partial charge in [0.05, 0.1) is 29.6 Å². The molecule has 1 unspecified atom stereocenters. The quantitative estimate of drug-likeness (QED) is 0.504. The second-order valence-corrected chi connectivity index (χ2v) is 8.53. The summed E-state index contributed by atoms with van der Waals surface area (Å²) in [5.41, 5.74) is 8.78. The van der Waals surface area contributed by atoms with Gasteiger partial charge >= 0.3 is 11.9 Å². The van der Waals surface area contributed by atoms with Crippen molar-refractivity contribution < 1.29 is 23.5 Å². The summed E-state index contributed by atoms with van der Waals surface area (Å²) in [4.78, 5) is 39.6. The second-order valence-electron chi connectivity index (χ2n) is 8.53. The van der Waals surface area contributed by atoms with E-state index in [1.54, 1.807) is 39.0 Å². The molecule has 4 rings (SSSR count). The van der Waals surface area contributed by atoms with E-state index in [1.807, 2.05) is 30.3 Å². The molecular formula is C28H28N2O6. The molecule has 0 radical (unpaired) electrons. The van der Waals surface area contributed by atoms with E-state index in [9.17, 15) is 14.4 Å². The number of benzene rings is 2. The van der Waals surface area contributed by atoms with E-state index in [0.29, 0.717) is 33.7 Å². The molecule has 0 fully saturated rings. The highest BCUT2D eigenvalue weighted by Crippen LogP contribution is 2.42. The minimum atomic E-state index is -0.901. The average Bonchev–Trinajstić information content (AvgIpc) is 2.88. The van der Waals surface area contributed by atoms with Crippen LogP contribution in [0.1, 0.15) is 30.9 Å². The second kappa shape index (κ2) is 10.2. The molecule has 0 saturated carbocycles. The molecule has 0 bridgehead atoms. The first kappa shape index (κ1) is 24.9. The summed E-state index contributed by atoms with van der Waals surface area (Å²) in [6.45, 7) is 5.34. The Kier molecular flexibility index (Phi) is 7.07. The molecule has 3 aromatic rings. The van der Waals surface area contributed by atoms with Crippen LogP contribution in [0.15, 0.2) is 80.3 Å². The predicted octanol–water partition coefficient (Wildman–Crippen LogP) is 3.68. The third-order valence-electron chi connectivity index (χ3n) is 6.26. The molecule has 0 aliphatic carbocycles. The highest BCUT2D eigenvalue weighted by molar-refractivity contribution is 6.01. The molecule has 1 atom stereocenters. The van der Waals surface area contributed by atoms with Crippen LogP contribution in [0.2, 0.25) is 0 Å². The molecule has 186 valence electrons. The Morgan fingerprint density at radius 1 is 0.972 bits per heavy atom. The zero-order valence-electron chi connectivity index (χ0n) is 20.6. The van der Waals surface area contributed by atoms with E-state index in [2.05, 4.69) is 5.32 Å². The predicted molar refractivity (Wildman–Crippen MR) is 136 cm³/mol. The Hall–Kier alpha value is -4.17. The van der Waals surface area contributed by atoms with Crippen LogP contribution in [0, 0.1) is 6.92 Å². The van der Waals surface area contributed by atoms with Crippen LogP contribution in [0.5, 0.6) is 0 Å². The lowest BCUT2D eigenvalue weighted by molar-refractivity contribution is -0.139.